The van der Waals surface area contributed by atoms with Crippen LogP contribution in [0.1, 0.15) is 6.92 Å². The highest BCUT2D eigenvalue weighted by Crippen LogP contribution is 2.05. The van der Waals surface area contributed by atoms with Gasteiger partial charge in [-0.3, -0.25) is 9.63 Å². The molecular weight excluding hydrogens is 146 g/mol. The zero-order valence-corrected chi connectivity index (χ0v) is 6.36. The van der Waals surface area contributed by atoms with Gasteiger partial charge in [-0.15, -0.1) is 0 Å². The van der Waals surface area contributed by atoms with Gasteiger partial charge in [-0.2, -0.15) is 0 Å². The monoisotopic (exact) mass is 157 g/mol. The Balaban J connectivity index is 2.43. The Morgan fingerprint density at radius 1 is 1.82 bits per heavy atom. The molecule has 0 bridgehead atoms. The van der Waals surface area contributed by atoms with Crippen molar-refractivity contribution in [2.45, 2.75) is 13.0 Å². The third-order valence-electron chi connectivity index (χ3n) is 1.35. The lowest BCUT2D eigenvalue weighted by molar-refractivity contribution is -0.162. The molecule has 1 aliphatic heterocycles. The Morgan fingerprint density at radius 2 is 2.55 bits per heavy atom. The number of hydroxylamine groups is 2. The van der Waals surface area contributed by atoms with Crippen LogP contribution in [0.25, 0.3) is 0 Å². The van der Waals surface area contributed by atoms with E-state index in [0.29, 0.717) is 0 Å². The highest BCUT2D eigenvalue weighted by molar-refractivity contribution is 5.86. The predicted molar refractivity (Wildman–Crippen MR) is 38.5 cm³/mol. The Kier molecular flexibility index (Phi) is 2.62. The standard InChI is InChI=1S/C7H11NO3/c1-2-3-7(10)8-4-6(9)5-11-8/h2-3,6,9H,4-5H2,1H3/b3-2+/t6-/m0/s1. The molecule has 0 spiro atoms. The van der Waals surface area contributed by atoms with Crippen LogP contribution in [0.15, 0.2) is 12.2 Å². The molecule has 0 aromatic heterocycles. The topological polar surface area (TPSA) is 49.8 Å². The summed E-state index contributed by atoms with van der Waals surface area (Å²) < 4.78 is 0. The number of allylic oxidation sites excluding steroid dienone is 1. The van der Waals surface area contributed by atoms with Gasteiger partial charge in [-0.1, -0.05) is 6.08 Å². The molecule has 1 heterocycles. The molecule has 1 fully saturated rings. The van der Waals surface area contributed by atoms with E-state index in [0.717, 1.165) is 5.06 Å². The van der Waals surface area contributed by atoms with E-state index in [1.165, 1.54) is 6.08 Å². The normalized spacial score (nSPS) is 24.9. The summed E-state index contributed by atoms with van der Waals surface area (Å²) in [6, 6.07) is 0. The minimum atomic E-state index is -0.538. The number of β-amino-alcohol motifs (C(OH)–C–C–N with tert-alkyl or cyclic N) is 1. The van der Waals surface area contributed by atoms with Crippen molar-refractivity contribution in [3.63, 3.8) is 0 Å². The van der Waals surface area contributed by atoms with Gasteiger partial charge in [0.1, 0.15) is 12.7 Å². The molecule has 1 N–H and O–H groups in total. The number of hydrogen-bond donors (Lipinski definition) is 1. The Bertz CT molecular complexity index is 179. The number of carbonyl (C=O) groups excluding carboxylic acids is 1. The van der Waals surface area contributed by atoms with Crippen molar-refractivity contribution in [2.24, 2.45) is 0 Å². The summed E-state index contributed by atoms with van der Waals surface area (Å²) in [5.74, 6) is -0.218. The van der Waals surface area contributed by atoms with Crippen LogP contribution in [0.2, 0.25) is 0 Å². The Morgan fingerprint density at radius 3 is 3.00 bits per heavy atom. The SMILES string of the molecule is C/C=C/C(=O)N1C[C@H](O)CO1. The third kappa shape index (κ3) is 2.03. The Hall–Kier alpha value is -0.870. The van der Waals surface area contributed by atoms with E-state index >= 15 is 0 Å². The van der Waals surface area contributed by atoms with Crippen LogP contribution < -0.4 is 0 Å². The summed E-state index contributed by atoms with van der Waals surface area (Å²) in [5, 5.41) is 10.1. The first-order chi connectivity index (χ1) is 5.24. The number of hydrogen-bond acceptors (Lipinski definition) is 3. The maximum Gasteiger partial charge on any atom is 0.269 e. The van der Waals surface area contributed by atoms with E-state index in [9.17, 15) is 4.79 Å². The summed E-state index contributed by atoms with van der Waals surface area (Å²) in [7, 11) is 0. The number of aliphatic hydroxyl groups excluding tert-OH is 1. The van der Waals surface area contributed by atoms with Gasteiger partial charge >= 0.3 is 0 Å². The minimum absolute atomic E-state index is 0.212. The van der Waals surface area contributed by atoms with Crippen LogP contribution in [-0.2, 0) is 9.63 Å². The van der Waals surface area contributed by atoms with Crippen LogP contribution in [0.5, 0.6) is 0 Å². The summed E-state index contributed by atoms with van der Waals surface area (Å²) in [6.45, 7) is 2.23. The van der Waals surface area contributed by atoms with Crippen molar-refractivity contribution in [1.82, 2.24) is 5.06 Å². The number of nitrogens with zero attached hydrogens (tertiary/aromatic N) is 1. The zero-order chi connectivity index (χ0) is 8.27. The molecule has 4 heteroatoms. The zero-order valence-electron chi connectivity index (χ0n) is 6.36. The second kappa shape index (κ2) is 3.50. The van der Waals surface area contributed by atoms with E-state index < -0.39 is 6.10 Å². The first kappa shape index (κ1) is 8.23. The molecule has 62 valence electrons. The van der Waals surface area contributed by atoms with Crippen molar-refractivity contribution in [2.75, 3.05) is 13.2 Å². The quantitative estimate of drug-likeness (QED) is 0.531. The molecule has 0 aliphatic carbocycles. The smallest absolute Gasteiger partial charge is 0.269 e. The molecular formula is C7H11NO3. The lowest BCUT2D eigenvalue weighted by Crippen LogP contribution is -2.26. The van der Waals surface area contributed by atoms with Gasteiger partial charge in [-0.05, 0) is 6.92 Å². The van der Waals surface area contributed by atoms with Crippen LogP contribution in [0.3, 0.4) is 0 Å². The van der Waals surface area contributed by atoms with E-state index in [2.05, 4.69) is 0 Å². The van der Waals surface area contributed by atoms with Gasteiger partial charge < -0.3 is 5.11 Å². The number of amides is 1. The fraction of sp³-hybridized carbons (Fsp3) is 0.571. The fourth-order valence-electron chi connectivity index (χ4n) is 0.852. The van der Waals surface area contributed by atoms with Gasteiger partial charge in [0.05, 0.1) is 6.54 Å². The van der Waals surface area contributed by atoms with Crippen LogP contribution in [0, 0.1) is 0 Å². The van der Waals surface area contributed by atoms with Gasteiger partial charge in [0.25, 0.3) is 5.91 Å². The van der Waals surface area contributed by atoms with E-state index in [1.807, 2.05) is 0 Å². The van der Waals surface area contributed by atoms with E-state index in [4.69, 9.17) is 9.94 Å². The second-order valence-electron chi connectivity index (χ2n) is 2.35. The molecule has 0 aromatic carbocycles. The van der Waals surface area contributed by atoms with Crippen molar-refractivity contribution >= 4 is 5.91 Å². The number of rotatable bonds is 1. The highest BCUT2D eigenvalue weighted by Gasteiger charge is 2.24. The summed E-state index contributed by atoms with van der Waals surface area (Å²) in [4.78, 5) is 15.9. The van der Waals surface area contributed by atoms with Gasteiger partial charge in [0.2, 0.25) is 0 Å². The molecule has 0 unspecified atom stereocenters. The van der Waals surface area contributed by atoms with Crippen LogP contribution >= 0.6 is 0 Å². The summed E-state index contributed by atoms with van der Waals surface area (Å²) >= 11 is 0. The molecule has 1 aliphatic rings. The maximum absolute atomic E-state index is 11.0. The van der Waals surface area contributed by atoms with Crippen LogP contribution in [0.4, 0.5) is 0 Å². The second-order valence-corrected chi connectivity index (χ2v) is 2.35. The van der Waals surface area contributed by atoms with E-state index in [1.54, 1.807) is 13.0 Å². The van der Waals surface area contributed by atoms with Crippen molar-refractivity contribution in [3.05, 3.63) is 12.2 Å². The number of aliphatic hydroxyl groups is 1. The van der Waals surface area contributed by atoms with Crippen molar-refractivity contribution < 1.29 is 14.7 Å². The summed E-state index contributed by atoms with van der Waals surface area (Å²) in [6.07, 6.45) is 2.50. The van der Waals surface area contributed by atoms with Crippen molar-refractivity contribution in [3.8, 4) is 0 Å². The first-order valence-electron chi connectivity index (χ1n) is 3.49. The van der Waals surface area contributed by atoms with Gasteiger partial charge in [0.15, 0.2) is 0 Å². The average Bonchev–Trinajstić information content (AvgIpc) is 2.36. The molecule has 1 saturated heterocycles. The minimum Gasteiger partial charge on any atom is -0.389 e. The molecule has 0 saturated carbocycles. The molecule has 1 rings (SSSR count). The first-order valence-corrected chi connectivity index (χ1v) is 3.49. The maximum atomic E-state index is 11.0. The highest BCUT2D eigenvalue weighted by atomic mass is 16.7. The van der Waals surface area contributed by atoms with Gasteiger partial charge in [0, 0.05) is 6.08 Å². The molecule has 1 atom stereocenters. The lowest BCUT2D eigenvalue weighted by atomic mass is 10.4. The largest absolute Gasteiger partial charge is 0.389 e. The molecule has 1 amide bonds. The van der Waals surface area contributed by atoms with Gasteiger partial charge in [-0.25, -0.2) is 5.06 Å². The van der Waals surface area contributed by atoms with Crippen LogP contribution in [-0.4, -0.2) is 35.3 Å². The fourth-order valence-corrected chi connectivity index (χ4v) is 0.852. The predicted octanol–water partition coefficient (Wildman–Crippen LogP) is -0.303. The molecule has 4 nitrogen and oxygen atoms in total. The van der Waals surface area contributed by atoms with Crippen molar-refractivity contribution in [1.29, 1.82) is 0 Å². The number of carbonyl (C=O) groups is 1. The third-order valence-corrected chi connectivity index (χ3v) is 1.35. The molecule has 11 heavy (non-hydrogen) atoms. The lowest BCUT2D eigenvalue weighted by Gasteiger charge is -2.09. The molecule has 0 aromatic rings. The molecule has 0 radical (unpaired) electrons. The summed E-state index contributed by atoms with van der Waals surface area (Å²) in [5.41, 5.74) is 0. The average molecular weight is 157 g/mol. The van der Waals surface area contributed by atoms with E-state index in [-0.39, 0.29) is 19.1 Å². The Labute approximate surface area is 65.0 Å².